The van der Waals surface area contributed by atoms with Crippen LogP contribution >= 0.6 is 0 Å². The van der Waals surface area contributed by atoms with E-state index in [0.717, 1.165) is 31.9 Å². The molecule has 16 heavy (non-hydrogen) atoms. The van der Waals surface area contributed by atoms with Gasteiger partial charge in [-0.2, -0.15) is 0 Å². The van der Waals surface area contributed by atoms with E-state index in [4.69, 9.17) is 4.74 Å². The van der Waals surface area contributed by atoms with E-state index in [1.807, 2.05) is 16.7 Å². The summed E-state index contributed by atoms with van der Waals surface area (Å²) in [7, 11) is 0. The van der Waals surface area contributed by atoms with Crippen molar-refractivity contribution in [2.75, 3.05) is 19.7 Å². The van der Waals surface area contributed by atoms with Crippen LogP contribution < -0.4 is 5.32 Å². The molecule has 0 bridgehead atoms. The first-order chi connectivity index (χ1) is 7.93. The quantitative estimate of drug-likeness (QED) is 0.748. The van der Waals surface area contributed by atoms with Gasteiger partial charge in [0.2, 0.25) is 0 Å². The maximum atomic E-state index is 5.64. The van der Waals surface area contributed by atoms with Gasteiger partial charge in [-0.15, -0.1) is 10.2 Å². The third kappa shape index (κ3) is 1.77. The summed E-state index contributed by atoms with van der Waals surface area (Å²) in [4.78, 5) is 4.13. The SMILES string of the molecule is c1cnc2nnc(CC3CNCCO3)n2c1. The summed E-state index contributed by atoms with van der Waals surface area (Å²) in [6, 6.07) is 1.87. The Morgan fingerprint density at radius 2 is 2.50 bits per heavy atom. The Hall–Kier alpha value is -1.53. The van der Waals surface area contributed by atoms with Crippen LogP contribution in [0.15, 0.2) is 18.5 Å². The van der Waals surface area contributed by atoms with Crippen LogP contribution in [0.5, 0.6) is 0 Å². The molecule has 2 aromatic rings. The first-order valence-electron chi connectivity index (χ1n) is 5.40. The highest BCUT2D eigenvalue weighted by molar-refractivity contribution is 5.26. The minimum Gasteiger partial charge on any atom is -0.375 e. The smallest absolute Gasteiger partial charge is 0.254 e. The van der Waals surface area contributed by atoms with Gasteiger partial charge in [-0.3, -0.25) is 4.40 Å². The Morgan fingerprint density at radius 1 is 1.50 bits per heavy atom. The molecule has 1 aliphatic rings. The summed E-state index contributed by atoms with van der Waals surface area (Å²) in [5.74, 6) is 1.54. The van der Waals surface area contributed by atoms with Crippen LogP contribution in [-0.2, 0) is 11.2 Å². The van der Waals surface area contributed by atoms with Gasteiger partial charge in [0.05, 0.1) is 12.7 Å². The van der Waals surface area contributed by atoms with E-state index in [1.165, 1.54) is 0 Å². The predicted octanol–water partition coefficient (Wildman–Crippen LogP) is -0.345. The summed E-state index contributed by atoms with van der Waals surface area (Å²) >= 11 is 0. The number of rotatable bonds is 2. The number of fused-ring (bicyclic) bond motifs is 1. The molecular weight excluding hydrogens is 206 g/mol. The fourth-order valence-electron chi connectivity index (χ4n) is 1.88. The zero-order valence-electron chi connectivity index (χ0n) is 8.83. The second-order valence-corrected chi connectivity index (χ2v) is 3.81. The summed E-state index contributed by atoms with van der Waals surface area (Å²) in [5, 5.41) is 11.4. The largest absolute Gasteiger partial charge is 0.375 e. The maximum absolute atomic E-state index is 5.64. The van der Waals surface area contributed by atoms with Crippen LogP contribution in [0.25, 0.3) is 5.78 Å². The number of nitrogens with one attached hydrogen (secondary N) is 1. The lowest BCUT2D eigenvalue weighted by molar-refractivity contribution is 0.0279. The van der Waals surface area contributed by atoms with Crippen LogP contribution in [0.3, 0.4) is 0 Å². The van der Waals surface area contributed by atoms with Gasteiger partial charge in [-0.25, -0.2) is 4.98 Å². The van der Waals surface area contributed by atoms with Crippen molar-refractivity contribution in [3.05, 3.63) is 24.3 Å². The molecule has 0 spiro atoms. The molecule has 2 aromatic heterocycles. The summed E-state index contributed by atoms with van der Waals surface area (Å²) < 4.78 is 7.54. The van der Waals surface area contributed by atoms with Crippen molar-refractivity contribution in [1.82, 2.24) is 24.9 Å². The first-order valence-corrected chi connectivity index (χ1v) is 5.40. The lowest BCUT2D eigenvalue weighted by Gasteiger charge is -2.22. The standard InChI is InChI=1S/C10H13N5O/c1-2-12-10-14-13-9(15(10)4-1)6-8-7-11-3-5-16-8/h1-2,4,8,11H,3,5-7H2. The van der Waals surface area contributed by atoms with E-state index >= 15 is 0 Å². The van der Waals surface area contributed by atoms with Crippen LogP contribution in [0.4, 0.5) is 0 Å². The molecule has 0 saturated carbocycles. The van der Waals surface area contributed by atoms with Gasteiger partial charge in [0.15, 0.2) is 0 Å². The highest BCUT2D eigenvalue weighted by Crippen LogP contribution is 2.06. The molecule has 0 aromatic carbocycles. The fourth-order valence-corrected chi connectivity index (χ4v) is 1.88. The van der Waals surface area contributed by atoms with Gasteiger partial charge < -0.3 is 10.1 Å². The highest BCUT2D eigenvalue weighted by Gasteiger charge is 2.17. The van der Waals surface area contributed by atoms with E-state index in [1.54, 1.807) is 6.20 Å². The average Bonchev–Trinajstić information content (AvgIpc) is 2.74. The molecule has 1 unspecified atom stereocenters. The van der Waals surface area contributed by atoms with Gasteiger partial charge >= 0.3 is 0 Å². The summed E-state index contributed by atoms with van der Waals surface area (Å²) in [6.45, 7) is 2.56. The van der Waals surface area contributed by atoms with Crippen molar-refractivity contribution in [2.24, 2.45) is 0 Å². The molecule has 0 radical (unpaired) electrons. The average molecular weight is 219 g/mol. The van der Waals surface area contributed by atoms with E-state index < -0.39 is 0 Å². The van der Waals surface area contributed by atoms with Crippen molar-refractivity contribution < 1.29 is 4.74 Å². The molecule has 6 nitrogen and oxygen atoms in total. The molecule has 1 fully saturated rings. The Labute approximate surface area is 92.7 Å². The molecule has 3 rings (SSSR count). The van der Waals surface area contributed by atoms with Crippen molar-refractivity contribution in [2.45, 2.75) is 12.5 Å². The van der Waals surface area contributed by atoms with Crippen LogP contribution in [0.2, 0.25) is 0 Å². The van der Waals surface area contributed by atoms with E-state index in [2.05, 4.69) is 20.5 Å². The maximum Gasteiger partial charge on any atom is 0.254 e. The Balaban J connectivity index is 1.83. The monoisotopic (exact) mass is 219 g/mol. The molecular formula is C10H13N5O. The lowest BCUT2D eigenvalue weighted by Crippen LogP contribution is -2.39. The van der Waals surface area contributed by atoms with Gasteiger partial charge in [-0.05, 0) is 6.07 Å². The number of hydrogen-bond donors (Lipinski definition) is 1. The minimum atomic E-state index is 0.182. The minimum absolute atomic E-state index is 0.182. The predicted molar refractivity (Wildman–Crippen MR) is 57.1 cm³/mol. The molecule has 0 amide bonds. The Kier molecular flexibility index (Phi) is 2.51. The molecule has 3 heterocycles. The molecule has 1 aliphatic heterocycles. The Morgan fingerprint density at radius 3 is 3.38 bits per heavy atom. The van der Waals surface area contributed by atoms with Crippen molar-refractivity contribution >= 4 is 5.78 Å². The second kappa shape index (κ2) is 4.15. The number of nitrogens with zero attached hydrogens (tertiary/aromatic N) is 4. The highest BCUT2D eigenvalue weighted by atomic mass is 16.5. The number of aromatic nitrogens is 4. The molecule has 0 aliphatic carbocycles. The van der Waals surface area contributed by atoms with Crippen LogP contribution in [0.1, 0.15) is 5.82 Å². The number of hydrogen-bond acceptors (Lipinski definition) is 5. The van der Waals surface area contributed by atoms with Crippen molar-refractivity contribution in [1.29, 1.82) is 0 Å². The normalized spacial score (nSPS) is 21.4. The zero-order valence-corrected chi connectivity index (χ0v) is 8.83. The fraction of sp³-hybridized carbons (Fsp3) is 0.500. The molecule has 1 atom stereocenters. The third-order valence-electron chi connectivity index (χ3n) is 2.67. The Bertz CT molecular complexity index is 477. The molecule has 84 valence electrons. The van der Waals surface area contributed by atoms with Gasteiger partial charge in [0.1, 0.15) is 5.82 Å². The van der Waals surface area contributed by atoms with Gasteiger partial charge in [0, 0.05) is 31.9 Å². The first kappa shape index (κ1) is 9.68. The summed E-state index contributed by atoms with van der Waals surface area (Å²) in [6.07, 6.45) is 4.58. The van der Waals surface area contributed by atoms with Crippen LogP contribution in [-0.4, -0.2) is 45.4 Å². The van der Waals surface area contributed by atoms with Gasteiger partial charge in [0.25, 0.3) is 5.78 Å². The molecule has 1 N–H and O–H groups in total. The van der Waals surface area contributed by atoms with E-state index in [9.17, 15) is 0 Å². The molecule has 1 saturated heterocycles. The number of morpholine rings is 1. The van der Waals surface area contributed by atoms with E-state index in [-0.39, 0.29) is 6.10 Å². The third-order valence-corrected chi connectivity index (χ3v) is 2.67. The number of ether oxygens (including phenoxy) is 1. The molecule has 6 heteroatoms. The summed E-state index contributed by atoms with van der Waals surface area (Å²) in [5.41, 5.74) is 0. The van der Waals surface area contributed by atoms with Crippen LogP contribution in [0, 0.1) is 0 Å². The second-order valence-electron chi connectivity index (χ2n) is 3.81. The topological polar surface area (TPSA) is 64.3 Å². The lowest BCUT2D eigenvalue weighted by atomic mass is 10.2. The van der Waals surface area contributed by atoms with Gasteiger partial charge in [-0.1, -0.05) is 0 Å². The van der Waals surface area contributed by atoms with E-state index in [0.29, 0.717) is 5.78 Å². The van der Waals surface area contributed by atoms with Crippen molar-refractivity contribution in [3.63, 3.8) is 0 Å². The van der Waals surface area contributed by atoms with Crippen molar-refractivity contribution in [3.8, 4) is 0 Å². The zero-order chi connectivity index (χ0) is 10.8.